The van der Waals surface area contributed by atoms with Gasteiger partial charge in [0, 0.05) is 13.1 Å². The molecule has 2 rings (SSSR count). The van der Waals surface area contributed by atoms with Gasteiger partial charge in [0.15, 0.2) is 0 Å². The molecule has 0 amide bonds. The quantitative estimate of drug-likeness (QED) is 0.721. The van der Waals surface area contributed by atoms with E-state index >= 15 is 0 Å². The van der Waals surface area contributed by atoms with Crippen molar-refractivity contribution in [3.05, 3.63) is 5.89 Å². The first-order valence-electron chi connectivity index (χ1n) is 4.97. The van der Waals surface area contributed by atoms with Gasteiger partial charge in [0.1, 0.15) is 5.88 Å². The van der Waals surface area contributed by atoms with E-state index in [-0.39, 0.29) is 18.1 Å². The van der Waals surface area contributed by atoms with Crippen molar-refractivity contribution in [2.45, 2.75) is 31.9 Å². The fourth-order valence-electron chi connectivity index (χ4n) is 1.76. The van der Waals surface area contributed by atoms with Crippen LogP contribution in [0.1, 0.15) is 19.7 Å². The number of rotatable bonds is 2. The van der Waals surface area contributed by atoms with Crippen molar-refractivity contribution in [3.8, 4) is 0 Å². The van der Waals surface area contributed by atoms with Crippen molar-refractivity contribution in [1.82, 2.24) is 10.2 Å². The molecule has 0 aliphatic carbocycles. The number of halogens is 1. The molecule has 1 aromatic heterocycles. The van der Waals surface area contributed by atoms with Crippen LogP contribution < -0.4 is 4.90 Å². The molecule has 15 heavy (non-hydrogen) atoms. The molecule has 1 aromatic rings. The molecule has 0 aromatic carbocycles. The van der Waals surface area contributed by atoms with Gasteiger partial charge in [-0.1, -0.05) is 5.10 Å². The number of aromatic nitrogens is 2. The molecule has 1 aliphatic heterocycles. The first-order valence-corrected chi connectivity index (χ1v) is 5.51. The van der Waals surface area contributed by atoms with E-state index in [9.17, 15) is 0 Å². The average molecular weight is 232 g/mol. The molecule has 2 unspecified atom stereocenters. The van der Waals surface area contributed by atoms with Gasteiger partial charge in [-0.05, 0) is 13.8 Å². The SMILES string of the molecule is CC1CN(c2nnc(CCl)o2)CC(C)O1. The summed E-state index contributed by atoms with van der Waals surface area (Å²) < 4.78 is 11.0. The zero-order valence-corrected chi connectivity index (χ0v) is 9.57. The first-order chi connectivity index (χ1) is 7.19. The molecule has 84 valence electrons. The standard InChI is InChI=1S/C9H14ClN3O2/c1-6-4-13(5-7(2)14-6)9-12-11-8(3-10)15-9/h6-7H,3-5H2,1-2H3. The number of hydrogen-bond donors (Lipinski definition) is 0. The van der Waals surface area contributed by atoms with E-state index in [4.69, 9.17) is 20.8 Å². The topological polar surface area (TPSA) is 51.4 Å². The highest BCUT2D eigenvalue weighted by Gasteiger charge is 2.25. The van der Waals surface area contributed by atoms with Crippen molar-refractivity contribution in [2.24, 2.45) is 0 Å². The molecule has 0 saturated carbocycles. The van der Waals surface area contributed by atoms with Crippen LogP contribution in [0.4, 0.5) is 6.01 Å². The third kappa shape index (κ3) is 2.41. The lowest BCUT2D eigenvalue weighted by Crippen LogP contribution is -2.45. The Morgan fingerprint density at radius 3 is 2.53 bits per heavy atom. The van der Waals surface area contributed by atoms with Crippen LogP contribution in [-0.2, 0) is 10.6 Å². The molecule has 0 radical (unpaired) electrons. The van der Waals surface area contributed by atoms with Crippen LogP contribution in [0.5, 0.6) is 0 Å². The third-order valence-electron chi connectivity index (χ3n) is 2.26. The molecule has 6 heteroatoms. The second-order valence-electron chi connectivity index (χ2n) is 3.77. The van der Waals surface area contributed by atoms with Crippen molar-refractivity contribution < 1.29 is 9.15 Å². The van der Waals surface area contributed by atoms with E-state index in [1.807, 2.05) is 18.7 Å². The van der Waals surface area contributed by atoms with Gasteiger partial charge in [0.05, 0.1) is 12.2 Å². The minimum atomic E-state index is 0.181. The summed E-state index contributed by atoms with van der Waals surface area (Å²) in [5.74, 6) is 0.709. The van der Waals surface area contributed by atoms with E-state index in [1.165, 1.54) is 0 Å². The molecular formula is C9H14ClN3O2. The van der Waals surface area contributed by atoms with Crippen LogP contribution in [0.2, 0.25) is 0 Å². The first kappa shape index (κ1) is 10.7. The van der Waals surface area contributed by atoms with Gasteiger partial charge >= 0.3 is 6.01 Å². The Bertz CT molecular complexity index is 321. The molecule has 0 bridgehead atoms. The lowest BCUT2D eigenvalue weighted by Gasteiger charge is -2.33. The second kappa shape index (κ2) is 4.37. The fraction of sp³-hybridized carbons (Fsp3) is 0.778. The number of morpholine rings is 1. The Morgan fingerprint density at radius 2 is 2.00 bits per heavy atom. The summed E-state index contributed by atoms with van der Waals surface area (Å²) in [4.78, 5) is 2.03. The van der Waals surface area contributed by atoms with Crippen LogP contribution in [-0.4, -0.2) is 35.5 Å². The summed E-state index contributed by atoms with van der Waals surface area (Å²) in [6.45, 7) is 5.60. The van der Waals surface area contributed by atoms with Gasteiger partial charge in [-0.25, -0.2) is 0 Å². The molecule has 2 atom stereocenters. The zero-order valence-electron chi connectivity index (χ0n) is 8.81. The van der Waals surface area contributed by atoms with E-state index in [1.54, 1.807) is 0 Å². The monoisotopic (exact) mass is 231 g/mol. The van der Waals surface area contributed by atoms with E-state index < -0.39 is 0 Å². The summed E-state index contributed by atoms with van der Waals surface area (Å²) >= 11 is 5.60. The Hall–Kier alpha value is -0.810. The number of alkyl halides is 1. The summed E-state index contributed by atoms with van der Waals surface area (Å²) in [6.07, 6.45) is 0.361. The van der Waals surface area contributed by atoms with Crippen molar-refractivity contribution in [2.75, 3.05) is 18.0 Å². The van der Waals surface area contributed by atoms with Gasteiger partial charge in [-0.15, -0.1) is 16.7 Å². The molecule has 1 fully saturated rings. The minimum Gasteiger partial charge on any atom is -0.407 e. The van der Waals surface area contributed by atoms with E-state index in [0.717, 1.165) is 13.1 Å². The third-order valence-corrected chi connectivity index (χ3v) is 2.49. The number of nitrogens with zero attached hydrogens (tertiary/aromatic N) is 3. The highest BCUT2D eigenvalue weighted by Crippen LogP contribution is 2.19. The molecule has 2 heterocycles. The van der Waals surface area contributed by atoms with Crippen molar-refractivity contribution in [3.63, 3.8) is 0 Å². The smallest absolute Gasteiger partial charge is 0.318 e. The number of anilines is 1. The van der Waals surface area contributed by atoms with Gasteiger partial charge in [-0.2, -0.15) is 0 Å². The summed E-state index contributed by atoms with van der Waals surface area (Å²) in [5.41, 5.74) is 0. The second-order valence-corrected chi connectivity index (χ2v) is 4.04. The van der Waals surface area contributed by atoms with Gasteiger partial charge in [0.25, 0.3) is 0 Å². The van der Waals surface area contributed by atoms with Crippen LogP contribution in [0, 0.1) is 0 Å². The van der Waals surface area contributed by atoms with E-state index in [2.05, 4.69) is 10.2 Å². The number of ether oxygens (including phenoxy) is 1. The average Bonchev–Trinajstić information content (AvgIpc) is 2.64. The Balaban J connectivity index is 2.09. The normalized spacial score (nSPS) is 27.0. The lowest BCUT2D eigenvalue weighted by atomic mass is 10.2. The predicted molar refractivity (Wildman–Crippen MR) is 56.1 cm³/mol. The molecule has 1 saturated heterocycles. The maximum Gasteiger partial charge on any atom is 0.318 e. The predicted octanol–water partition coefficient (Wildman–Crippen LogP) is 1.42. The van der Waals surface area contributed by atoms with Gasteiger partial charge in [0.2, 0.25) is 5.89 Å². The molecule has 0 spiro atoms. The fourth-order valence-corrected chi connectivity index (χ4v) is 1.87. The van der Waals surface area contributed by atoms with Crippen LogP contribution in [0.15, 0.2) is 4.42 Å². The van der Waals surface area contributed by atoms with Crippen LogP contribution in [0.3, 0.4) is 0 Å². The molecular weight excluding hydrogens is 218 g/mol. The maximum atomic E-state index is 5.61. The highest BCUT2D eigenvalue weighted by atomic mass is 35.5. The molecule has 5 nitrogen and oxygen atoms in total. The van der Waals surface area contributed by atoms with Gasteiger partial charge in [-0.3, -0.25) is 0 Å². The molecule has 0 N–H and O–H groups in total. The highest BCUT2D eigenvalue weighted by molar-refractivity contribution is 6.16. The summed E-state index contributed by atoms with van der Waals surface area (Å²) in [7, 11) is 0. The van der Waals surface area contributed by atoms with Crippen molar-refractivity contribution >= 4 is 17.6 Å². The Labute approximate surface area is 93.4 Å². The Kier molecular flexibility index (Phi) is 3.11. The van der Waals surface area contributed by atoms with E-state index in [0.29, 0.717) is 11.9 Å². The minimum absolute atomic E-state index is 0.181. The van der Waals surface area contributed by atoms with Gasteiger partial charge < -0.3 is 14.1 Å². The number of hydrogen-bond acceptors (Lipinski definition) is 5. The largest absolute Gasteiger partial charge is 0.407 e. The van der Waals surface area contributed by atoms with Crippen LogP contribution >= 0.6 is 11.6 Å². The Morgan fingerprint density at radius 1 is 1.33 bits per heavy atom. The van der Waals surface area contributed by atoms with Crippen LogP contribution in [0.25, 0.3) is 0 Å². The molecule has 1 aliphatic rings. The summed E-state index contributed by atoms with van der Waals surface area (Å²) in [6, 6.07) is 0.535. The lowest BCUT2D eigenvalue weighted by molar-refractivity contribution is -0.00675. The van der Waals surface area contributed by atoms with Crippen molar-refractivity contribution in [1.29, 1.82) is 0 Å². The maximum absolute atomic E-state index is 5.61. The summed E-state index contributed by atoms with van der Waals surface area (Å²) in [5, 5.41) is 7.78. The zero-order chi connectivity index (χ0) is 10.8.